The molecule has 1 atom stereocenters. The monoisotopic (exact) mass is 571 g/mol. The molecule has 1 unspecified atom stereocenters. The van der Waals surface area contributed by atoms with Crippen LogP contribution in [0.25, 0.3) is 0 Å². The molecule has 2 aliphatic heterocycles. The van der Waals surface area contributed by atoms with Gasteiger partial charge in [0, 0.05) is 53.0 Å². The fraction of sp³-hybridized carbons (Fsp3) is 0.500. The number of nitrogens with zero attached hydrogens (tertiary/aromatic N) is 6. The first kappa shape index (κ1) is 25.4. The molecule has 4 rings (SSSR count). The van der Waals surface area contributed by atoms with Gasteiger partial charge in [-0.15, -0.1) is 24.0 Å². The number of morpholine rings is 1. The second kappa shape index (κ2) is 11.7. The standard InChI is InChI=1S/C22H30FN7O2.HI/c1-24-22(29-6-7-30(21(31)16-29)19-13-26-27(2)15-19)25-14-20(28-8-10-32-11-9-28)17-4-3-5-18(23)12-17;/h3-5,12-13,15,20H,6-11,14,16H2,1-2H3,(H,24,25);1H. The van der Waals surface area contributed by atoms with Crippen molar-refractivity contribution in [2.24, 2.45) is 12.0 Å². The number of rotatable bonds is 5. The molecule has 33 heavy (non-hydrogen) atoms. The summed E-state index contributed by atoms with van der Waals surface area (Å²) < 4.78 is 21.1. The number of aliphatic imine (C=N–C) groups is 1. The number of carbonyl (C=O) groups excluding carboxylic acids is 1. The topological polar surface area (TPSA) is 78.2 Å². The maximum absolute atomic E-state index is 13.9. The lowest BCUT2D eigenvalue weighted by Gasteiger charge is -2.38. The molecule has 1 amide bonds. The summed E-state index contributed by atoms with van der Waals surface area (Å²) in [5.41, 5.74) is 1.71. The van der Waals surface area contributed by atoms with Gasteiger partial charge in [0.25, 0.3) is 0 Å². The van der Waals surface area contributed by atoms with Gasteiger partial charge in [-0.1, -0.05) is 12.1 Å². The number of carbonyl (C=O) groups is 1. The zero-order valence-electron chi connectivity index (χ0n) is 19.0. The Balaban J connectivity index is 0.00000306. The van der Waals surface area contributed by atoms with E-state index < -0.39 is 0 Å². The van der Waals surface area contributed by atoms with Gasteiger partial charge < -0.3 is 19.9 Å². The Morgan fingerprint density at radius 3 is 2.70 bits per heavy atom. The quantitative estimate of drug-likeness (QED) is 0.333. The van der Waals surface area contributed by atoms with Gasteiger partial charge in [-0.3, -0.25) is 19.4 Å². The molecule has 1 aromatic carbocycles. The van der Waals surface area contributed by atoms with E-state index in [1.54, 1.807) is 35.0 Å². The fourth-order valence-electron chi connectivity index (χ4n) is 4.26. The lowest BCUT2D eigenvalue weighted by atomic mass is 10.0. The van der Waals surface area contributed by atoms with E-state index in [-0.39, 0.29) is 48.3 Å². The van der Waals surface area contributed by atoms with Gasteiger partial charge in [0.15, 0.2) is 5.96 Å². The van der Waals surface area contributed by atoms with E-state index in [0.717, 1.165) is 24.3 Å². The molecule has 0 radical (unpaired) electrons. The summed E-state index contributed by atoms with van der Waals surface area (Å²) in [6, 6.07) is 6.70. The second-order valence-corrected chi connectivity index (χ2v) is 7.99. The number of aromatic nitrogens is 2. The van der Waals surface area contributed by atoms with Crippen molar-refractivity contribution in [2.45, 2.75) is 6.04 Å². The Bertz CT molecular complexity index is 964. The van der Waals surface area contributed by atoms with Crippen molar-refractivity contribution in [2.75, 3.05) is 64.4 Å². The molecular weight excluding hydrogens is 540 g/mol. The summed E-state index contributed by atoms with van der Waals surface area (Å²) >= 11 is 0. The molecule has 2 fully saturated rings. The summed E-state index contributed by atoms with van der Waals surface area (Å²) in [6.07, 6.45) is 3.54. The summed E-state index contributed by atoms with van der Waals surface area (Å²) in [4.78, 5) is 23.2. The van der Waals surface area contributed by atoms with Crippen LogP contribution in [0.4, 0.5) is 10.1 Å². The first-order valence-electron chi connectivity index (χ1n) is 10.9. The van der Waals surface area contributed by atoms with Crippen LogP contribution in [-0.2, 0) is 16.6 Å². The van der Waals surface area contributed by atoms with E-state index in [1.807, 2.05) is 24.2 Å². The van der Waals surface area contributed by atoms with Crippen LogP contribution in [-0.4, -0.2) is 91.0 Å². The highest BCUT2D eigenvalue weighted by Gasteiger charge is 2.29. The van der Waals surface area contributed by atoms with E-state index in [4.69, 9.17) is 4.74 Å². The average Bonchev–Trinajstić information content (AvgIpc) is 3.23. The lowest BCUT2D eigenvalue weighted by Crippen LogP contribution is -2.56. The maximum atomic E-state index is 13.9. The molecule has 1 N–H and O–H groups in total. The highest BCUT2D eigenvalue weighted by atomic mass is 127. The molecule has 2 saturated heterocycles. The van der Waals surface area contributed by atoms with Crippen molar-refractivity contribution in [1.29, 1.82) is 0 Å². The Hall–Kier alpha value is -2.25. The van der Waals surface area contributed by atoms with E-state index in [9.17, 15) is 9.18 Å². The highest BCUT2D eigenvalue weighted by Crippen LogP contribution is 2.22. The molecule has 3 heterocycles. The zero-order valence-corrected chi connectivity index (χ0v) is 21.3. The highest BCUT2D eigenvalue weighted by molar-refractivity contribution is 14.0. The first-order valence-corrected chi connectivity index (χ1v) is 10.9. The molecule has 0 spiro atoms. The predicted octanol–water partition coefficient (Wildman–Crippen LogP) is 1.47. The largest absolute Gasteiger partial charge is 0.379 e. The minimum absolute atomic E-state index is 0. The third-order valence-corrected chi connectivity index (χ3v) is 5.91. The Morgan fingerprint density at radius 1 is 1.27 bits per heavy atom. The molecule has 0 aliphatic carbocycles. The number of benzene rings is 1. The van der Waals surface area contributed by atoms with Gasteiger partial charge in [0.05, 0.1) is 31.1 Å². The van der Waals surface area contributed by atoms with Gasteiger partial charge in [0.2, 0.25) is 5.91 Å². The number of anilines is 1. The fourth-order valence-corrected chi connectivity index (χ4v) is 4.26. The van der Waals surface area contributed by atoms with Crippen LogP contribution in [0.15, 0.2) is 41.7 Å². The molecule has 2 aromatic rings. The number of halogens is 2. The van der Waals surface area contributed by atoms with Crippen LogP contribution >= 0.6 is 24.0 Å². The average molecular weight is 571 g/mol. The number of hydrogen-bond acceptors (Lipinski definition) is 5. The Kier molecular flexibility index (Phi) is 9.03. The zero-order chi connectivity index (χ0) is 22.5. The van der Waals surface area contributed by atoms with Crippen LogP contribution in [0.5, 0.6) is 0 Å². The van der Waals surface area contributed by atoms with Crippen molar-refractivity contribution in [3.8, 4) is 0 Å². The third kappa shape index (κ3) is 6.21. The minimum atomic E-state index is -0.248. The van der Waals surface area contributed by atoms with Crippen LogP contribution in [0, 0.1) is 5.82 Å². The lowest BCUT2D eigenvalue weighted by molar-refractivity contribution is -0.120. The van der Waals surface area contributed by atoms with Crippen LogP contribution in [0.2, 0.25) is 0 Å². The van der Waals surface area contributed by atoms with Gasteiger partial charge in [0.1, 0.15) is 12.4 Å². The minimum Gasteiger partial charge on any atom is -0.379 e. The first-order chi connectivity index (χ1) is 15.5. The van der Waals surface area contributed by atoms with Crippen LogP contribution in [0.3, 0.4) is 0 Å². The molecule has 11 heteroatoms. The summed E-state index contributed by atoms with van der Waals surface area (Å²) in [5.74, 6) is 0.420. The van der Waals surface area contributed by atoms with Crippen molar-refractivity contribution in [1.82, 2.24) is 24.9 Å². The van der Waals surface area contributed by atoms with E-state index in [1.165, 1.54) is 6.07 Å². The number of hydrogen-bond donors (Lipinski definition) is 1. The van der Waals surface area contributed by atoms with Crippen LogP contribution in [0.1, 0.15) is 11.6 Å². The van der Waals surface area contributed by atoms with Crippen molar-refractivity contribution >= 4 is 41.5 Å². The second-order valence-electron chi connectivity index (χ2n) is 7.99. The summed E-state index contributed by atoms with van der Waals surface area (Å²) in [5, 5.41) is 7.58. The summed E-state index contributed by atoms with van der Waals surface area (Å²) in [7, 11) is 3.55. The van der Waals surface area contributed by atoms with E-state index in [0.29, 0.717) is 38.8 Å². The number of piperazine rings is 1. The Morgan fingerprint density at radius 2 is 2.06 bits per heavy atom. The maximum Gasteiger partial charge on any atom is 0.246 e. The van der Waals surface area contributed by atoms with E-state index >= 15 is 0 Å². The SMILES string of the molecule is CN=C(NCC(c1cccc(F)c1)N1CCOCC1)N1CCN(c2cnn(C)c2)C(=O)C1.I. The smallest absolute Gasteiger partial charge is 0.246 e. The third-order valence-electron chi connectivity index (χ3n) is 5.91. The number of aryl methyl sites for hydroxylation is 1. The van der Waals surface area contributed by atoms with Gasteiger partial charge in [-0.05, 0) is 17.7 Å². The van der Waals surface area contributed by atoms with Gasteiger partial charge in [-0.2, -0.15) is 5.10 Å². The van der Waals surface area contributed by atoms with Gasteiger partial charge in [-0.25, -0.2) is 4.39 Å². The molecular formula is C22H31FIN7O2. The molecule has 0 saturated carbocycles. The molecule has 2 aliphatic rings. The normalized spacial score (nSPS) is 18.8. The number of amides is 1. The van der Waals surface area contributed by atoms with Crippen molar-refractivity contribution in [3.63, 3.8) is 0 Å². The molecule has 9 nitrogen and oxygen atoms in total. The number of ether oxygens (including phenoxy) is 1. The Labute approximate surface area is 210 Å². The van der Waals surface area contributed by atoms with Crippen LogP contribution < -0.4 is 10.2 Å². The molecule has 1 aromatic heterocycles. The predicted molar refractivity (Wildman–Crippen MR) is 135 cm³/mol. The van der Waals surface area contributed by atoms with Gasteiger partial charge >= 0.3 is 0 Å². The van der Waals surface area contributed by atoms with Crippen molar-refractivity contribution in [3.05, 3.63) is 48.0 Å². The molecule has 180 valence electrons. The molecule has 0 bridgehead atoms. The van der Waals surface area contributed by atoms with Crippen molar-refractivity contribution < 1.29 is 13.9 Å². The number of guanidine groups is 1. The summed E-state index contributed by atoms with van der Waals surface area (Å²) in [6.45, 7) is 4.87. The number of nitrogens with one attached hydrogen (secondary N) is 1. The van der Waals surface area contributed by atoms with E-state index in [2.05, 4.69) is 20.3 Å².